The summed E-state index contributed by atoms with van der Waals surface area (Å²) in [7, 11) is -3.35. The molecule has 0 saturated heterocycles. The van der Waals surface area contributed by atoms with E-state index in [9.17, 15) is 0 Å². The van der Waals surface area contributed by atoms with Gasteiger partial charge in [0.25, 0.3) is 0 Å². The van der Waals surface area contributed by atoms with E-state index in [1.807, 2.05) is 0 Å². The molecule has 33 heavy (non-hydrogen) atoms. The van der Waals surface area contributed by atoms with E-state index in [0.717, 1.165) is 22.6 Å². The smallest absolute Gasteiger partial charge is 0.153 e. The third-order valence-corrected chi connectivity index (χ3v) is 8.47. The van der Waals surface area contributed by atoms with E-state index in [1.165, 1.54) is 16.8 Å². The van der Waals surface area contributed by atoms with E-state index >= 15 is 0 Å². The molecule has 0 amide bonds. The molecule has 4 rings (SSSR count). The van der Waals surface area contributed by atoms with Crippen LogP contribution in [0.4, 0.5) is 17.1 Å². The molecule has 170 valence electrons. The Balaban J connectivity index is 2.01. The van der Waals surface area contributed by atoms with Crippen LogP contribution >= 0.6 is 0 Å². The van der Waals surface area contributed by atoms with Crippen molar-refractivity contribution in [1.29, 1.82) is 0 Å². The van der Waals surface area contributed by atoms with Crippen LogP contribution in [0.5, 0.6) is 0 Å². The first-order chi connectivity index (χ1) is 15.6. The van der Waals surface area contributed by atoms with E-state index < -0.39 is 16.3 Å². The fourth-order valence-corrected chi connectivity index (χ4v) is 7.17. The van der Waals surface area contributed by atoms with Crippen molar-refractivity contribution < 1.29 is 0 Å². The van der Waals surface area contributed by atoms with Crippen molar-refractivity contribution >= 4 is 50.0 Å². The molecule has 0 atom stereocenters. The minimum Gasteiger partial charge on any atom is -0.367 e. The van der Waals surface area contributed by atoms with Crippen molar-refractivity contribution in [3.8, 4) is 0 Å². The second-order valence-corrected chi connectivity index (χ2v) is 20.5. The number of aromatic amines is 1. The number of nitrogens with zero attached hydrogens (tertiary/aromatic N) is 1. The highest BCUT2D eigenvalue weighted by molar-refractivity contribution is 6.82. The van der Waals surface area contributed by atoms with Gasteiger partial charge in [0.1, 0.15) is 0 Å². The number of H-pyrrole nitrogens is 1. The van der Waals surface area contributed by atoms with Crippen molar-refractivity contribution in [2.24, 2.45) is 0 Å². The number of benzene rings is 3. The quantitative estimate of drug-likeness (QED) is 0.266. The highest BCUT2D eigenvalue weighted by atomic mass is 28.3. The van der Waals surface area contributed by atoms with Gasteiger partial charge in [-0.25, -0.2) is 0 Å². The third-order valence-electron chi connectivity index (χ3n) is 5.49. The second kappa shape index (κ2) is 9.08. The van der Waals surface area contributed by atoms with Gasteiger partial charge in [-0.15, -0.1) is 0 Å². The molecule has 0 saturated carbocycles. The molecular weight excluding hydrogens is 435 g/mol. The number of anilines is 3. The van der Waals surface area contributed by atoms with Crippen molar-refractivity contribution in [3.63, 3.8) is 0 Å². The van der Waals surface area contributed by atoms with E-state index in [4.69, 9.17) is 0 Å². The summed E-state index contributed by atoms with van der Waals surface area (Å²) in [4.78, 5) is 3.80. The van der Waals surface area contributed by atoms with Crippen LogP contribution in [0.15, 0.2) is 90.6 Å². The molecule has 0 unspecified atom stereocenters. The van der Waals surface area contributed by atoms with E-state index in [-0.39, 0.29) is 0 Å². The molecule has 1 heterocycles. The molecule has 0 bridgehead atoms. The number of fused-ring (bicyclic) bond motifs is 1. The number of aromatic nitrogens is 1. The lowest BCUT2D eigenvalue weighted by atomic mass is 10.2. The van der Waals surface area contributed by atoms with Crippen LogP contribution in [0, 0.1) is 0 Å². The zero-order valence-corrected chi connectivity index (χ0v) is 22.6. The van der Waals surface area contributed by atoms with Crippen LogP contribution in [0.3, 0.4) is 0 Å². The molecule has 0 aliphatic carbocycles. The number of para-hydroxylation sites is 3. The molecule has 0 fully saturated rings. The van der Waals surface area contributed by atoms with Crippen LogP contribution in [0.2, 0.25) is 39.3 Å². The predicted molar refractivity (Wildman–Crippen MR) is 152 cm³/mol. The monoisotopic (exact) mass is 469 g/mol. The first kappa shape index (κ1) is 23.1. The molecule has 4 aromatic rings. The van der Waals surface area contributed by atoms with Crippen LogP contribution in [-0.2, 0) is 0 Å². The predicted octanol–water partition coefficient (Wildman–Crippen LogP) is 8.47. The van der Waals surface area contributed by atoms with Gasteiger partial charge in [-0.3, -0.25) is 0 Å². The Morgan fingerprint density at radius 2 is 1.33 bits per heavy atom. The second-order valence-electron chi connectivity index (χ2n) is 10.7. The summed E-state index contributed by atoms with van der Waals surface area (Å²) in [6.07, 6.45) is 0. The minimum atomic E-state index is -1.81. The van der Waals surface area contributed by atoms with Gasteiger partial charge in [0, 0.05) is 22.3 Å². The highest BCUT2D eigenvalue weighted by Crippen LogP contribution is 2.42. The first-order valence-corrected chi connectivity index (χ1v) is 18.7. The summed E-state index contributed by atoms with van der Waals surface area (Å²) in [5.41, 5.74) is 9.57. The summed E-state index contributed by atoms with van der Waals surface area (Å²) in [6, 6.07) is 30.0. The van der Waals surface area contributed by atoms with Crippen molar-refractivity contribution in [2.45, 2.75) is 39.3 Å². The molecule has 0 aliphatic heterocycles. The van der Waals surface area contributed by atoms with Gasteiger partial charge in [-0.2, -0.15) is 0 Å². The van der Waals surface area contributed by atoms with Gasteiger partial charge in [0.2, 0.25) is 0 Å². The lowest BCUT2D eigenvalue weighted by Crippen LogP contribution is -2.43. The Bertz CT molecular complexity index is 1250. The van der Waals surface area contributed by atoms with E-state index in [1.54, 1.807) is 0 Å². The largest absolute Gasteiger partial charge is 0.367 e. The Hall–Kier alpha value is -3.03. The molecule has 0 aliphatic rings. The van der Waals surface area contributed by atoms with E-state index in [2.05, 4.69) is 145 Å². The summed E-state index contributed by atoms with van der Waals surface area (Å²) in [6.45, 7) is 14.4. The molecular formula is C28H35N3Si2. The average Bonchev–Trinajstić information content (AvgIpc) is 3.12. The summed E-state index contributed by atoms with van der Waals surface area (Å²) >= 11 is 0. The lowest BCUT2D eigenvalue weighted by molar-refractivity contribution is 1.29. The molecule has 3 nitrogen and oxygen atoms in total. The van der Waals surface area contributed by atoms with Crippen molar-refractivity contribution in [2.75, 3.05) is 9.88 Å². The van der Waals surface area contributed by atoms with Gasteiger partial charge in [-0.1, -0.05) is 99.6 Å². The average molecular weight is 470 g/mol. The topological polar surface area (TPSA) is 31.1 Å². The molecule has 5 heteroatoms. The van der Waals surface area contributed by atoms with Gasteiger partial charge < -0.3 is 14.9 Å². The lowest BCUT2D eigenvalue weighted by Gasteiger charge is -2.37. The third kappa shape index (κ3) is 5.32. The summed E-state index contributed by atoms with van der Waals surface area (Å²) in [5, 5.41) is 5.02. The zero-order valence-electron chi connectivity index (χ0n) is 20.6. The van der Waals surface area contributed by atoms with Crippen molar-refractivity contribution in [3.05, 3.63) is 96.3 Å². The fourth-order valence-electron chi connectivity index (χ4n) is 4.26. The number of nitrogens with one attached hydrogen (secondary N) is 2. The maximum atomic E-state index is 3.80. The SMILES string of the molecule is C[Si](C)(C)/C=C(\Nc1ccccc1)c1[nH]c2ccccc2c1N(c1ccccc1)[Si](C)(C)C. The van der Waals surface area contributed by atoms with Gasteiger partial charge in [-0.05, 0) is 30.3 Å². The van der Waals surface area contributed by atoms with Crippen LogP contribution in [-0.4, -0.2) is 21.3 Å². The van der Waals surface area contributed by atoms with Crippen molar-refractivity contribution in [1.82, 2.24) is 4.98 Å². The Kier molecular flexibility index (Phi) is 6.37. The number of hydrogen-bond donors (Lipinski definition) is 2. The standard InChI is InChI=1S/C28H35N3Si2/c1-32(2,3)21-26(29-22-15-9-7-10-16-22)27-28(24-19-13-14-20-25(24)30-27)31(33(4,5)6)23-17-11-8-12-18-23/h7-21,29-30H,1-6H3/b26-21-. The molecule has 0 spiro atoms. The molecule has 3 aromatic carbocycles. The van der Waals surface area contributed by atoms with Crippen LogP contribution in [0.1, 0.15) is 5.69 Å². The number of hydrogen-bond acceptors (Lipinski definition) is 2. The first-order valence-electron chi connectivity index (χ1n) is 11.6. The Morgan fingerprint density at radius 3 is 1.94 bits per heavy atom. The summed E-state index contributed by atoms with van der Waals surface area (Å²) in [5.74, 6) is 0. The zero-order chi connectivity index (χ0) is 23.6. The number of rotatable bonds is 7. The molecule has 0 radical (unpaired) electrons. The Morgan fingerprint density at radius 1 is 0.758 bits per heavy atom. The normalized spacial score (nSPS) is 12.7. The Labute approximate surface area is 200 Å². The maximum Gasteiger partial charge on any atom is 0.153 e. The summed E-state index contributed by atoms with van der Waals surface area (Å²) < 4.78 is 2.60. The minimum absolute atomic E-state index is 1.10. The van der Waals surface area contributed by atoms with Crippen LogP contribution in [0.25, 0.3) is 16.6 Å². The fraction of sp³-hybridized carbons (Fsp3) is 0.214. The van der Waals surface area contributed by atoms with Gasteiger partial charge >= 0.3 is 0 Å². The van der Waals surface area contributed by atoms with Crippen LogP contribution < -0.4 is 9.88 Å². The molecule has 1 aromatic heterocycles. The van der Waals surface area contributed by atoms with Gasteiger partial charge in [0.05, 0.1) is 25.2 Å². The molecule has 2 N–H and O–H groups in total. The van der Waals surface area contributed by atoms with Gasteiger partial charge in [0.15, 0.2) is 8.24 Å². The highest BCUT2D eigenvalue weighted by Gasteiger charge is 2.31. The maximum absolute atomic E-state index is 3.80. The van der Waals surface area contributed by atoms with E-state index in [0.29, 0.717) is 0 Å².